The molecule has 0 amide bonds. The summed E-state index contributed by atoms with van der Waals surface area (Å²) in [5, 5.41) is 4.95. The maximum atomic E-state index is 5.46. The van der Waals surface area contributed by atoms with Crippen LogP contribution in [0.3, 0.4) is 0 Å². The van der Waals surface area contributed by atoms with E-state index in [2.05, 4.69) is 18.3 Å². The molecule has 22 heavy (non-hydrogen) atoms. The van der Waals surface area contributed by atoms with Crippen LogP contribution in [-0.4, -0.2) is 22.0 Å². The first kappa shape index (κ1) is 15.0. The molecule has 1 aromatic carbocycles. The Kier molecular flexibility index (Phi) is 4.40. The number of nitrogens with one attached hydrogen (secondary N) is 1. The van der Waals surface area contributed by atoms with Crippen molar-refractivity contribution in [1.29, 1.82) is 0 Å². The van der Waals surface area contributed by atoms with Crippen molar-refractivity contribution in [2.24, 2.45) is 0 Å². The summed E-state index contributed by atoms with van der Waals surface area (Å²) in [5.41, 5.74) is 1.04. The maximum absolute atomic E-state index is 5.46. The van der Waals surface area contributed by atoms with Crippen LogP contribution in [0, 0.1) is 0 Å². The normalized spacial score (nSPS) is 12.3. The van der Waals surface area contributed by atoms with Crippen molar-refractivity contribution in [3.8, 4) is 0 Å². The quantitative estimate of drug-likeness (QED) is 0.733. The monoisotopic (exact) mass is 331 g/mol. The lowest BCUT2D eigenvalue weighted by atomic mass is 10.3. The van der Waals surface area contributed by atoms with Crippen LogP contribution >= 0.6 is 23.6 Å². The fourth-order valence-electron chi connectivity index (χ4n) is 2.11. The van der Waals surface area contributed by atoms with Crippen molar-refractivity contribution >= 4 is 38.9 Å². The van der Waals surface area contributed by atoms with Gasteiger partial charge in [0.1, 0.15) is 10.8 Å². The van der Waals surface area contributed by atoms with Gasteiger partial charge in [0.15, 0.2) is 5.11 Å². The molecule has 2 aromatic heterocycles. The van der Waals surface area contributed by atoms with Gasteiger partial charge in [-0.3, -0.25) is 0 Å². The minimum atomic E-state index is 0.119. The van der Waals surface area contributed by atoms with Gasteiger partial charge in [0.2, 0.25) is 0 Å². The summed E-state index contributed by atoms with van der Waals surface area (Å²) < 4.78 is 6.50. The highest BCUT2D eigenvalue weighted by Crippen LogP contribution is 2.28. The Bertz CT molecular complexity index is 734. The number of hydrogen-bond donors (Lipinski definition) is 1. The smallest absolute Gasteiger partial charge is 0.169 e. The van der Waals surface area contributed by atoms with E-state index < -0.39 is 0 Å². The molecule has 2 heterocycles. The Morgan fingerprint density at radius 3 is 2.91 bits per heavy atom. The molecule has 0 saturated carbocycles. The Balaban J connectivity index is 1.67. The van der Waals surface area contributed by atoms with E-state index in [-0.39, 0.29) is 6.04 Å². The van der Waals surface area contributed by atoms with Crippen LogP contribution in [0.15, 0.2) is 47.1 Å². The van der Waals surface area contributed by atoms with Crippen LogP contribution in [0.4, 0.5) is 0 Å². The fraction of sp³-hybridized carbons (Fsp3) is 0.250. The summed E-state index contributed by atoms with van der Waals surface area (Å²) >= 11 is 7.17. The largest absolute Gasteiger partial charge is 0.467 e. The number of nitrogens with zero attached hydrogens (tertiary/aromatic N) is 2. The number of hydrogen-bond acceptors (Lipinski definition) is 4. The van der Waals surface area contributed by atoms with E-state index in [1.54, 1.807) is 17.6 Å². The third-order valence-electron chi connectivity index (χ3n) is 3.56. The van der Waals surface area contributed by atoms with Crippen LogP contribution < -0.4 is 5.32 Å². The highest BCUT2D eigenvalue weighted by Gasteiger charge is 2.18. The second kappa shape index (κ2) is 6.46. The second-order valence-electron chi connectivity index (χ2n) is 5.04. The zero-order valence-corrected chi connectivity index (χ0v) is 14.1. The van der Waals surface area contributed by atoms with Crippen molar-refractivity contribution in [3.63, 3.8) is 0 Å². The van der Waals surface area contributed by atoms with E-state index in [1.165, 1.54) is 4.70 Å². The van der Waals surface area contributed by atoms with Crippen molar-refractivity contribution in [2.75, 3.05) is 7.05 Å². The zero-order valence-electron chi connectivity index (χ0n) is 12.4. The Morgan fingerprint density at radius 2 is 2.18 bits per heavy atom. The third-order valence-corrected chi connectivity index (χ3v) is 5.20. The van der Waals surface area contributed by atoms with Gasteiger partial charge in [-0.15, -0.1) is 11.3 Å². The number of thiocarbonyl (C=S) groups is 1. The van der Waals surface area contributed by atoms with E-state index in [0.29, 0.717) is 11.7 Å². The molecule has 0 aliphatic carbocycles. The number of aromatic nitrogens is 1. The molecular weight excluding hydrogens is 314 g/mol. The lowest BCUT2D eigenvalue weighted by Crippen LogP contribution is -2.38. The number of benzene rings is 1. The van der Waals surface area contributed by atoms with Gasteiger partial charge in [0.25, 0.3) is 0 Å². The van der Waals surface area contributed by atoms with Crippen LogP contribution in [-0.2, 0) is 6.54 Å². The van der Waals surface area contributed by atoms with Gasteiger partial charge in [0, 0.05) is 7.05 Å². The second-order valence-corrected chi connectivity index (χ2v) is 6.49. The minimum absolute atomic E-state index is 0.119. The standard InChI is InChI=1S/C16H17N3OS2/c1-11(15-18-13-7-3-4-8-14(13)22-15)19(2)16(21)17-10-12-6-5-9-20-12/h3-9,11H,10H2,1-2H3,(H,17,21)/t11-/m1/s1. The van der Waals surface area contributed by atoms with E-state index >= 15 is 0 Å². The van der Waals surface area contributed by atoms with Crippen LogP contribution in [0.2, 0.25) is 0 Å². The van der Waals surface area contributed by atoms with Gasteiger partial charge in [-0.05, 0) is 43.4 Å². The molecule has 1 N–H and O–H groups in total. The number of para-hydroxylation sites is 1. The molecule has 0 aliphatic rings. The molecule has 0 bridgehead atoms. The molecule has 4 nitrogen and oxygen atoms in total. The summed E-state index contributed by atoms with van der Waals surface area (Å²) in [6.07, 6.45) is 1.66. The van der Waals surface area contributed by atoms with E-state index in [9.17, 15) is 0 Å². The topological polar surface area (TPSA) is 41.3 Å². The van der Waals surface area contributed by atoms with Gasteiger partial charge in [-0.1, -0.05) is 12.1 Å². The SMILES string of the molecule is C[C@H](c1nc2ccccc2s1)N(C)C(=S)NCc1ccco1. The Labute approximate surface area is 138 Å². The first-order valence-electron chi connectivity index (χ1n) is 7.03. The Hall–Kier alpha value is -1.92. The van der Waals surface area contributed by atoms with Gasteiger partial charge in [0.05, 0.1) is 29.1 Å². The summed E-state index contributed by atoms with van der Waals surface area (Å²) in [7, 11) is 1.98. The lowest BCUT2D eigenvalue weighted by Gasteiger charge is -2.26. The molecule has 3 rings (SSSR count). The average Bonchev–Trinajstić information content (AvgIpc) is 3.19. The van der Waals surface area contributed by atoms with Crippen LogP contribution in [0.1, 0.15) is 23.7 Å². The van der Waals surface area contributed by atoms with E-state index in [0.717, 1.165) is 16.3 Å². The molecule has 0 fully saturated rings. The number of furan rings is 1. The van der Waals surface area contributed by atoms with Crippen molar-refractivity contribution in [3.05, 3.63) is 53.4 Å². The molecule has 0 radical (unpaired) electrons. The van der Waals surface area contributed by atoms with Crippen molar-refractivity contribution in [1.82, 2.24) is 15.2 Å². The van der Waals surface area contributed by atoms with Gasteiger partial charge in [-0.25, -0.2) is 4.98 Å². The average molecular weight is 331 g/mol. The van der Waals surface area contributed by atoms with Crippen molar-refractivity contribution in [2.45, 2.75) is 19.5 Å². The molecular formula is C16H17N3OS2. The molecule has 1 atom stereocenters. The predicted octanol–water partition coefficient (Wildman–Crippen LogP) is 3.96. The minimum Gasteiger partial charge on any atom is -0.467 e. The number of thiazole rings is 1. The summed E-state index contributed by atoms with van der Waals surface area (Å²) in [6.45, 7) is 2.70. The summed E-state index contributed by atoms with van der Waals surface area (Å²) in [6, 6.07) is 12.1. The zero-order chi connectivity index (χ0) is 15.5. The molecule has 6 heteroatoms. The first-order chi connectivity index (χ1) is 10.6. The fourth-order valence-corrected chi connectivity index (χ4v) is 3.40. The number of rotatable bonds is 4. The van der Waals surface area contributed by atoms with E-state index in [1.807, 2.05) is 42.3 Å². The maximum Gasteiger partial charge on any atom is 0.169 e. The molecule has 0 saturated heterocycles. The predicted molar refractivity (Wildman–Crippen MR) is 93.9 cm³/mol. The Morgan fingerprint density at radius 1 is 1.36 bits per heavy atom. The molecule has 0 spiro atoms. The molecule has 3 aromatic rings. The summed E-state index contributed by atoms with van der Waals surface area (Å²) in [4.78, 5) is 6.72. The van der Waals surface area contributed by atoms with Crippen LogP contribution in [0.25, 0.3) is 10.2 Å². The van der Waals surface area contributed by atoms with E-state index in [4.69, 9.17) is 21.6 Å². The lowest BCUT2D eigenvalue weighted by molar-refractivity contribution is 0.391. The molecule has 0 aliphatic heterocycles. The summed E-state index contributed by atoms with van der Waals surface area (Å²) in [5.74, 6) is 0.864. The van der Waals surface area contributed by atoms with Gasteiger partial charge < -0.3 is 14.6 Å². The van der Waals surface area contributed by atoms with Gasteiger partial charge >= 0.3 is 0 Å². The molecule has 114 valence electrons. The van der Waals surface area contributed by atoms with Crippen molar-refractivity contribution < 1.29 is 4.42 Å². The highest BCUT2D eigenvalue weighted by atomic mass is 32.1. The third kappa shape index (κ3) is 3.13. The number of fused-ring (bicyclic) bond motifs is 1. The first-order valence-corrected chi connectivity index (χ1v) is 8.26. The van der Waals surface area contributed by atoms with Crippen LogP contribution in [0.5, 0.6) is 0 Å². The highest BCUT2D eigenvalue weighted by molar-refractivity contribution is 7.80. The molecule has 0 unspecified atom stereocenters. The van der Waals surface area contributed by atoms with Gasteiger partial charge in [-0.2, -0.15) is 0 Å².